The SMILES string of the molecule is Cc1ccc(C=NCc2cccc(C(F)(F)F)c2)o1. The van der Waals surface area contributed by atoms with E-state index in [1.165, 1.54) is 12.3 Å². The molecule has 2 rings (SSSR count). The van der Waals surface area contributed by atoms with Crippen molar-refractivity contribution in [3.8, 4) is 0 Å². The van der Waals surface area contributed by atoms with E-state index in [0.717, 1.165) is 17.9 Å². The molecular weight excluding hydrogens is 255 g/mol. The molecular formula is C14H12F3NO. The van der Waals surface area contributed by atoms with Crippen LogP contribution in [0, 0.1) is 6.92 Å². The molecule has 0 fully saturated rings. The zero-order valence-corrected chi connectivity index (χ0v) is 10.2. The van der Waals surface area contributed by atoms with E-state index in [-0.39, 0.29) is 6.54 Å². The van der Waals surface area contributed by atoms with Gasteiger partial charge in [0.25, 0.3) is 0 Å². The van der Waals surface area contributed by atoms with Gasteiger partial charge in [0, 0.05) is 0 Å². The second-order valence-corrected chi connectivity index (χ2v) is 4.12. The number of alkyl halides is 3. The van der Waals surface area contributed by atoms with Crippen LogP contribution in [0.15, 0.2) is 45.8 Å². The fourth-order valence-electron chi connectivity index (χ4n) is 1.61. The molecule has 0 N–H and O–H groups in total. The van der Waals surface area contributed by atoms with E-state index in [1.807, 2.05) is 6.92 Å². The van der Waals surface area contributed by atoms with E-state index in [1.54, 1.807) is 18.2 Å². The van der Waals surface area contributed by atoms with Crippen molar-refractivity contribution >= 4 is 6.21 Å². The second-order valence-electron chi connectivity index (χ2n) is 4.12. The number of nitrogens with zero attached hydrogens (tertiary/aromatic N) is 1. The molecule has 2 nitrogen and oxygen atoms in total. The number of hydrogen-bond acceptors (Lipinski definition) is 2. The van der Waals surface area contributed by atoms with Crippen molar-refractivity contribution in [3.05, 3.63) is 59.0 Å². The first-order valence-corrected chi connectivity index (χ1v) is 5.67. The molecule has 0 aliphatic carbocycles. The van der Waals surface area contributed by atoms with E-state index in [9.17, 15) is 13.2 Å². The van der Waals surface area contributed by atoms with Crippen molar-refractivity contribution in [2.45, 2.75) is 19.6 Å². The third-order valence-electron chi connectivity index (χ3n) is 2.51. The third kappa shape index (κ3) is 3.71. The Kier molecular flexibility index (Phi) is 3.74. The molecule has 0 radical (unpaired) electrons. The molecule has 19 heavy (non-hydrogen) atoms. The molecule has 0 aliphatic heterocycles. The molecule has 1 aromatic heterocycles. The van der Waals surface area contributed by atoms with Crippen molar-refractivity contribution < 1.29 is 17.6 Å². The predicted octanol–water partition coefficient (Wildman–Crippen LogP) is 4.23. The minimum atomic E-state index is -4.32. The molecule has 0 saturated heterocycles. The Morgan fingerprint density at radius 3 is 2.63 bits per heavy atom. The van der Waals surface area contributed by atoms with E-state index >= 15 is 0 Å². The minimum absolute atomic E-state index is 0.184. The van der Waals surface area contributed by atoms with Gasteiger partial charge in [-0.3, -0.25) is 4.99 Å². The number of halogens is 3. The summed E-state index contributed by atoms with van der Waals surface area (Å²) in [6.45, 7) is 1.99. The van der Waals surface area contributed by atoms with Crippen LogP contribution in [-0.4, -0.2) is 6.21 Å². The van der Waals surface area contributed by atoms with Gasteiger partial charge in [-0.15, -0.1) is 0 Å². The molecule has 0 aliphatic rings. The first-order chi connectivity index (χ1) is 8.95. The molecule has 0 spiro atoms. The largest absolute Gasteiger partial charge is 0.460 e. The molecule has 5 heteroatoms. The summed E-state index contributed by atoms with van der Waals surface area (Å²) in [6, 6.07) is 8.69. The summed E-state index contributed by atoms with van der Waals surface area (Å²) in [6.07, 6.45) is -2.81. The van der Waals surface area contributed by atoms with Gasteiger partial charge in [-0.2, -0.15) is 13.2 Å². The standard InChI is InChI=1S/C14H12F3NO/c1-10-5-6-13(19-10)9-18-8-11-3-2-4-12(7-11)14(15,16)17/h2-7,9H,8H2,1H3. The maximum absolute atomic E-state index is 12.5. The molecule has 0 amide bonds. The maximum atomic E-state index is 12.5. The van der Waals surface area contributed by atoms with Crippen molar-refractivity contribution in [3.63, 3.8) is 0 Å². The van der Waals surface area contributed by atoms with Gasteiger partial charge in [0.15, 0.2) is 0 Å². The lowest BCUT2D eigenvalue weighted by Crippen LogP contribution is -2.05. The fraction of sp³-hybridized carbons (Fsp3) is 0.214. The molecule has 100 valence electrons. The third-order valence-corrected chi connectivity index (χ3v) is 2.51. The van der Waals surface area contributed by atoms with Gasteiger partial charge in [0.2, 0.25) is 0 Å². The van der Waals surface area contributed by atoms with Gasteiger partial charge in [-0.1, -0.05) is 12.1 Å². The van der Waals surface area contributed by atoms with Crippen LogP contribution < -0.4 is 0 Å². The quantitative estimate of drug-likeness (QED) is 0.764. The number of furan rings is 1. The molecule has 0 unspecified atom stereocenters. The lowest BCUT2D eigenvalue weighted by Gasteiger charge is -2.07. The lowest BCUT2D eigenvalue weighted by atomic mass is 10.1. The monoisotopic (exact) mass is 267 g/mol. The van der Waals surface area contributed by atoms with Crippen molar-refractivity contribution in [2.24, 2.45) is 4.99 Å². The van der Waals surface area contributed by atoms with Crippen LogP contribution in [0.4, 0.5) is 13.2 Å². The first kappa shape index (κ1) is 13.4. The lowest BCUT2D eigenvalue weighted by molar-refractivity contribution is -0.137. The summed E-state index contributed by atoms with van der Waals surface area (Å²) >= 11 is 0. The summed E-state index contributed by atoms with van der Waals surface area (Å²) in [4.78, 5) is 4.06. The highest BCUT2D eigenvalue weighted by molar-refractivity contribution is 5.75. The van der Waals surface area contributed by atoms with Crippen molar-refractivity contribution in [1.29, 1.82) is 0 Å². The minimum Gasteiger partial charge on any atom is -0.460 e. The number of benzene rings is 1. The Balaban J connectivity index is 2.06. The van der Waals surface area contributed by atoms with Gasteiger partial charge in [-0.05, 0) is 36.8 Å². The van der Waals surface area contributed by atoms with Crippen LogP contribution >= 0.6 is 0 Å². The van der Waals surface area contributed by atoms with Crippen LogP contribution in [0.1, 0.15) is 22.6 Å². The summed E-state index contributed by atoms with van der Waals surface area (Å²) < 4.78 is 42.8. The van der Waals surface area contributed by atoms with Crippen LogP contribution in [-0.2, 0) is 12.7 Å². The van der Waals surface area contributed by atoms with Gasteiger partial charge in [-0.25, -0.2) is 0 Å². The number of rotatable bonds is 3. The molecule has 0 atom stereocenters. The molecule has 1 heterocycles. The molecule has 2 aromatic rings. The van der Waals surface area contributed by atoms with E-state index in [2.05, 4.69) is 4.99 Å². The molecule has 0 saturated carbocycles. The first-order valence-electron chi connectivity index (χ1n) is 5.67. The number of hydrogen-bond donors (Lipinski definition) is 0. The number of aryl methyl sites for hydroxylation is 1. The summed E-state index contributed by atoms with van der Waals surface area (Å²) in [7, 11) is 0. The van der Waals surface area contributed by atoms with E-state index in [0.29, 0.717) is 11.3 Å². The van der Waals surface area contributed by atoms with Crippen LogP contribution in [0.2, 0.25) is 0 Å². The number of aliphatic imine (C=N–C) groups is 1. The zero-order valence-electron chi connectivity index (χ0n) is 10.2. The highest BCUT2D eigenvalue weighted by atomic mass is 19.4. The molecule has 1 aromatic carbocycles. The predicted molar refractivity (Wildman–Crippen MR) is 66.2 cm³/mol. The topological polar surface area (TPSA) is 25.5 Å². The van der Waals surface area contributed by atoms with Crippen LogP contribution in [0.25, 0.3) is 0 Å². The van der Waals surface area contributed by atoms with Crippen LogP contribution in [0.3, 0.4) is 0 Å². The highest BCUT2D eigenvalue weighted by Gasteiger charge is 2.30. The van der Waals surface area contributed by atoms with E-state index in [4.69, 9.17) is 4.42 Å². The fourth-order valence-corrected chi connectivity index (χ4v) is 1.61. The van der Waals surface area contributed by atoms with E-state index < -0.39 is 11.7 Å². The van der Waals surface area contributed by atoms with Gasteiger partial charge >= 0.3 is 6.18 Å². The average Bonchev–Trinajstić information content (AvgIpc) is 2.74. The average molecular weight is 267 g/mol. The second kappa shape index (κ2) is 5.30. The maximum Gasteiger partial charge on any atom is 0.416 e. The van der Waals surface area contributed by atoms with Gasteiger partial charge < -0.3 is 4.42 Å². The Hall–Kier alpha value is -2.04. The summed E-state index contributed by atoms with van der Waals surface area (Å²) in [5.41, 5.74) is -0.150. The van der Waals surface area contributed by atoms with Crippen molar-refractivity contribution in [1.82, 2.24) is 0 Å². The van der Waals surface area contributed by atoms with Crippen LogP contribution in [0.5, 0.6) is 0 Å². The molecule has 0 bridgehead atoms. The van der Waals surface area contributed by atoms with Crippen molar-refractivity contribution in [2.75, 3.05) is 0 Å². The Labute approximate surface area is 108 Å². The van der Waals surface area contributed by atoms with Gasteiger partial charge in [0.1, 0.15) is 11.5 Å². The summed E-state index contributed by atoms with van der Waals surface area (Å²) in [5, 5.41) is 0. The Bertz CT molecular complexity index is 584. The summed E-state index contributed by atoms with van der Waals surface area (Å²) in [5.74, 6) is 1.35. The zero-order chi connectivity index (χ0) is 13.9. The Morgan fingerprint density at radius 1 is 1.21 bits per heavy atom. The normalized spacial score (nSPS) is 12.2. The highest BCUT2D eigenvalue weighted by Crippen LogP contribution is 2.29. The smallest absolute Gasteiger partial charge is 0.416 e. The van der Waals surface area contributed by atoms with Gasteiger partial charge in [0.05, 0.1) is 18.3 Å². The Morgan fingerprint density at radius 2 is 2.00 bits per heavy atom.